The zero-order valence-electron chi connectivity index (χ0n) is 8.73. The Bertz CT molecular complexity index is 515. The van der Waals surface area contributed by atoms with Crippen LogP contribution in [-0.4, -0.2) is 19.2 Å². The molecule has 0 heterocycles. The highest BCUT2D eigenvalue weighted by Crippen LogP contribution is 2.19. The Balaban J connectivity index is 3.30. The number of nitro groups is 1. The average Bonchev–Trinajstić information content (AvgIpc) is 2.11. The molecule has 0 saturated carbocycles. The largest absolute Gasteiger partial charge is 0.305 e. The molecule has 0 aromatic heterocycles. The standard InChI is InChI=1S/C9H10FNO4S/c1-6-3-8(4-7(2)9(6)10)16(14,15)5-11(12)13/h3-4H,5H2,1-2H3. The quantitative estimate of drug-likeness (QED) is 0.460. The van der Waals surface area contributed by atoms with Crippen molar-refractivity contribution in [3.63, 3.8) is 0 Å². The predicted molar refractivity (Wildman–Crippen MR) is 54.9 cm³/mol. The van der Waals surface area contributed by atoms with Crippen LogP contribution in [0.5, 0.6) is 0 Å². The van der Waals surface area contributed by atoms with Gasteiger partial charge in [-0.05, 0) is 37.1 Å². The van der Waals surface area contributed by atoms with Crippen molar-refractivity contribution in [2.24, 2.45) is 0 Å². The van der Waals surface area contributed by atoms with Gasteiger partial charge in [0, 0.05) is 4.92 Å². The second-order valence-corrected chi connectivity index (χ2v) is 5.41. The molecule has 0 aliphatic heterocycles. The number of nitrogens with zero attached hydrogens (tertiary/aromatic N) is 1. The van der Waals surface area contributed by atoms with Crippen LogP contribution >= 0.6 is 0 Å². The van der Waals surface area contributed by atoms with Crippen molar-refractivity contribution < 1.29 is 17.7 Å². The van der Waals surface area contributed by atoms with E-state index in [1.54, 1.807) is 0 Å². The lowest BCUT2D eigenvalue weighted by Gasteiger charge is -2.05. The maximum atomic E-state index is 13.2. The first kappa shape index (κ1) is 12.6. The summed E-state index contributed by atoms with van der Waals surface area (Å²) in [5, 5.41) is 10.2. The third-order valence-corrected chi connectivity index (χ3v) is 3.55. The molecule has 0 aliphatic carbocycles. The van der Waals surface area contributed by atoms with Crippen LogP contribution in [0.1, 0.15) is 11.1 Å². The minimum atomic E-state index is -3.99. The first-order valence-corrected chi connectivity index (χ1v) is 6.00. The van der Waals surface area contributed by atoms with E-state index in [2.05, 4.69) is 0 Å². The van der Waals surface area contributed by atoms with Crippen molar-refractivity contribution in [1.82, 2.24) is 0 Å². The second-order valence-electron chi connectivity index (χ2n) is 3.45. The molecule has 1 aromatic rings. The highest BCUT2D eigenvalue weighted by molar-refractivity contribution is 7.91. The molecule has 1 aromatic carbocycles. The Labute approximate surface area is 92.0 Å². The fourth-order valence-corrected chi connectivity index (χ4v) is 2.44. The monoisotopic (exact) mass is 247 g/mol. The Morgan fingerprint density at radius 3 is 2.12 bits per heavy atom. The summed E-state index contributed by atoms with van der Waals surface area (Å²) in [5.74, 6) is -1.68. The van der Waals surface area contributed by atoms with Crippen LogP contribution < -0.4 is 0 Å². The van der Waals surface area contributed by atoms with Crippen LogP contribution in [0.25, 0.3) is 0 Å². The lowest BCUT2D eigenvalue weighted by Crippen LogP contribution is -2.15. The average molecular weight is 247 g/mol. The molecule has 0 fully saturated rings. The zero-order valence-corrected chi connectivity index (χ0v) is 9.54. The molecular weight excluding hydrogens is 237 g/mol. The third-order valence-electron chi connectivity index (χ3n) is 2.04. The summed E-state index contributed by atoms with van der Waals surface area (Å²) in [6.45, 7) is 2.82. The van der Waals surface area contributed by atoms with Gasteiger partial charge in [-0.3, -0.25) is 10.1 Å². The fourth-order valence-electron chi connectivity index (χ4n) is 1.30. The molecule has 0 saturated heterocycles. The summed E-state index contributed by atoms with van der Waals surface area (Å²) in [6.07, 6.45) is 0. The van der Waals surface area contributed by atoms with Gasteiger partial charge < -0.3 is 0 Å². The highest BCUT2D eigenvalue weighted by atomic mass is 32.2. The van der Waals surface area contributed by atoms with E-state index >= 15 is 0 Å². The molecule has 0 spiro atoms. The Hall–Kier alpha value is -1.50. The molecule has 88 valence electrons. The summed E-state index contributed by atoms with van der Waals surface area (Å²) in [5.41, 5.74) is 0.309. The molecule has 16 heavy (non-hydrogen) atoms. The van der Waals surface area contributed by atoms with E-state index in [4.69, 9.17) is 0 Å². The summed E-state index contributed by atoms with van der Waals surface area (Å²) >= 11 is 0. The van der Waals surface area contributed by atoms with Gasteiger partial charge in [-0.2, -0.15) is 0 Å². The smallest absolute Gasteiger partial charge is 0.263 e. The van der Waals surface area contributed by atoms with Gasteiger partial charge >= 0.3 is 5.88 Å². The van der Waals surface area contributed by atoms with E-state index in [0.717, 1.165) is 12.1 Å². The van der Waals surface area contributed by atoms with E-state index in [9.17, 15) is 22.9 Å². The molecule has 0 unspecified atom stereocenters. The van der Waals surface area contributed by atoms with E-state index in [1.807, 2.05) is 0 Å². The minimum Gasteiger partial charge on any atom is -0.263 e. The third kappa shape index (κ3) is 2.54. The summed E-state index contributed by atoms with van der Waals surface area (Å²) < 4.78 is 36.2. The lowest BCUT2D eigenvalue weighted by atomic mass is 10.1. The first-order chi connectivity index (χ1) is 7.24. The first-order valence-electron chi connectivity index (χ1n) is 4.35. The van der Waals surface area contributed by atoms with Crippen molar-refractivity contribution in [3.05, 3.63) is 39.2 Å². The van der Waals surface area contributed by atoms with Crippen LogP contribution in [0.2, 0.25) is 0 Å². The number of aryl methyl sites for hydroxylation is 2. The molecular formula is C9H10FNO4S. The maximum absolute atomic E-state index is 13.2. The van der Waals surface area contributed by atoms with Crippen LogP contribution in [-0.2, 0) is 9.84 Å². The van der Waals surface area contributed by atoms with Gasteiger partial charge in [-0.25, -0.2) is 12.8 Å². The van der Waals surface area contributed by atoms with Crippen molar-refractivity contribution in [3.8, 4) is 0 Å². The van der Waals surface area contributed by atoms with Crippen molar-refractivity contribution in [2.45, 2.75) is 18.7 Å². The van der Waals surface area contributed by atoms with Gasteiger partial charge in [0.05, 0.1) is 4.90 Å². The second kappa shape index (κ2) is 4.17. The summed E-state index contributed by atoms with van der Waals surface area (Å²) in [6, 6.07) is 2.20. The Morgan fingerprint density at radius 2 is 1.75 bits per heavy atom. The topological polar surface area (TPSA) is 77.3 Å². The van der Waals surface area contributed by atoms with Crippen molar-refractivity contribution in [2.75, 3.05) is 5.88 Å². The van der Waals surface area contributed by atoms with E-state index in [1.165, 1.54) is 13.8 Å². The molecule has 1 rings (SSSR count). The minimum absolute atomic E-state index is 0.155. The van der Waals surface area contributed by atoms with Crippen molar-refractivity contribution >= 4 is 9.84 Å². The van der Waals surface area contributed by atoms with Gasteiger partial charge in [0.2, 0.25) is 9.84 Å². The van der Waals surface area contributed by atoms with Crippen LogP contribution in [0.3, 0.4) is 0 Å². The van der Waals surface area contributed by atoms with Gasteiger partial charge in [0.25, 0.3) is 0 Å². The number of rotatable bonds is 3. The number of benzene rings is 1. The zero-order chi connectivity index (χ0) is 12.5. The van der Waals surface area contributed by atoms with Crippen LogP contribution in [0.4, 0.5) is 4.39 Å². The number of hydrogen-bond acceptors (Lipinski definition) is 4. The summed E-state index contributed by atoms with van der Waals surface area (Å²) in [7, 11) is -3.99. The Kier molecular flexibility index (Phi) is 3.27. The number of hydrogen-bond donors (Lipinski definition) is 0. The fraction of sp³-hybridized carbons (Fsp3) is 0.333. The van der Waals surface area contributed by atoms with E-state index in [-0.39, 0.29) is 16.0 Å². The van der Waals surface area contributed by atoms with E-state index < -0.39 is 26.5 Å². The van der Waals surface area contributed by atoms with E-state index in [0.29, 0.717) is 0 Å². The predicted octanol–water partition coefficient (Wildman–Crippen LogP) is 1.45. The number of sulfone groups is 1. The maximum Gasteiger partial charge on any atom is 0.305 e. The SMILES string of the molecule is Cc1cc(S(=O)(=O)C[N+](=O)[O-])cc(C)c1F. The highest BCUT2D eigenvalue weighted by Gasteiger charge is 2.22. The normalized spacial score (nSPS) is 11.4. The molecule has 0 bridgehead atoms. The molecule has 0 N–H and O–H groups in total. The number of halogens is 1. The lowest BCUT2D eigenvalue weighted by molar-refractivity contribution is -0.458. The Morgan fingerprint density at radius 1 is 1.31 bits per heavy atom. The summed E-state index contributed by atoms with van der Waals surface area (Å²) in [4.78, 5) is 9.03. The van der Waals surface area contributed by atoms with Gasteiger partial charge in [-0.1, -0.05) is 0 Å². The molecule has 0 atom stereocenters. The van der Waals surface area contributed by atoms with Crippen molar-refractivity contribution in [1.29, 1.82) is 0 Å². The molecule has 0 amide bonds. The molecule has 0 aliphatic rings. The van der Waals surface area contributed by atoms with Crippen LogP contribution in [0.15, 0.2) is 17.0 Å². The molecule has 5 nitrogen and oxygen atoms in total. The van der Waals surface area contributed by atoms with Gasteiger partial charge in [0.1, 0.15) is 5.82 Å². The molecule has 0 radical (unpaired) electrons. The molecule has 7 heteroatoms. The van der Waals surface area contributed by atoms with Crippen LogP contribution in [0, 0.1) is 29.8 Å². The van der Waals surface area contributed by atoms with Gasteiger partial charge in [0.15, 0.2) is 0 Å². The van der Waals surface area contributed by atoms with Gasteiger partial charge in [-0.15, -0.1) is 0 Å².